The molecule has 5 heteroatoms. The molecule has 3 rings (SSSR count). The smallest absolute Gasteiger partial charge is 0.231 e. The predicted molar refractivity (Wildman–Crippen MR) is 96.4 cm³/mol. The van der Waals surface area contributed by atoms with E-state index in [4.69, 9.17) is 18.9 Å². The molecular formula is C20H23NO4. The van der Waals surface area contributed by atoms with Crippen molar-refractivity contribution in [2.45, 2.75) is 20.0 Å². The zero-order chi connectivity index (χ0) is 17.6. The van der Waals surface area contributed by atoms with Gasteiger partial charge in [0, 0.05) is 18.7 Å². The molecular weight excluding hydrogens is 318 g/mol. The van der Waals surface area contributed by atoms with Crippen LogP contribution in [0, 0.1) is 0 Å². The van der Waals surface area contributed by atoms with Crippen LogP contribution in [0.2, 0.25) is 0 Å². The fourth-order valence-electron chi connectivity index (χ4n) is 2.62. The molecule has 1 aliphatic rings. The molecule has 0 atom stereocenters. The number of nitrogens with one attached hydrogen (secondary N) is 1. The van der Waals surface area contributed by atoms with Crippen molar-refractivity contribution < 1.29 is 18.9 Å². The molecule has 2 aromatic rings. The fourth-order valence-corrected chi connectivity index (χ4v) is 2.62. The second kappa shape index (κ2) is 7.94. The molecule has 0 saturated carbocycles. The Bertz CT molecular complexity index is 757. The zero-order valence-corrected chi connectivity index (χ0v) is 14.6. The van der Waals surface area contributed by atoms with Gasteiger partial charge in [-0.05, 0) is 36.3 Å². The Balaban J connectivity index is 1.62. The van der Waals surface area contributed by atoms with Gasteiger partial charge in [-0.2, -0.15) is 0 Å². The highest BCUT2D eigenvalue weighted by atomic mass is 16.7. The van der Waals surface area contributed by atoms with Crippen LogP contribution in [0.4, 0.5) is 0 Å². The maximum Gasteiger partial charge on any atom is 0.231 e. The zero-order valence-electron chi connectivity index (χ0n) is 14.6. The average Bonchev–Trinajstić information content (AvgIpc) is 3.09. The van der Waals surface area contributed by atoms with Crippen molar-refractivity contribution in [3.8, 4) is 23.0 Å². The van der Waals surface area contributed by atoms with Crippen LogP contribution in [-0.4, -0.2) is 20.5 Å². The molecule has 25 heavy (non-hydrogen) atoms. The maximum absolute atomic E-state index is 5.77. The van der Waals surface area contributed by atoms with Crippen molar-refractivity contribution in [3.63, 3.8) is 0 Å². The molecule has 0 fully saturated rings. The largest absolute Gasteiger partial charge is 0.493 e. The average molecular weight is 341 g/mol. The van der Waals surface area contributed by atoms with Crippen molar-refractivity contribution in [2.24, 2.45) is 0 Å². The second-order valence-electron chi connectivity index (χ2n) is 5.99. The van der Waals surface area contributed by atoms with Crippen molar-refractivity contribution in [1.29, 1.82) is 0 Å². The molecule has 0 bridgehead atoms. The maximum atomic E-state index is 5.77. The highest BCUT2D eigenvalue weighted by Gasteiger charge is 2.16. The van der Waals surface area contributed by atoms with Crippen LogP contribution < -0.4 is 24.3 Å². The third-order valence-electron chi connectivity index (χ3n) is 3.82. The van der Waals surface area contributed by atoms with Gasteiger partial charge in [-0.15, -0.1) is 0 Å². The molecule has 0 unspecified atom stereocenters. The summed E-state index contributed by atoms with van der Waals surface area (Å²) in [4.78, 5) is 0. The van der Waals surface area contributed by atoms with Crippen molar-refractivity contribution >= 4 is 0 Å². The molecule has 0 spiro atoms. The number of benzene rings is 2. The van der Waals surface area contributed by atoms with Crippen LogP contribution >= 0.6 is 0 Å². The first-order valence-electron chi connectivity index (χ1n) is 8.19. The Labute approximate surface area is 148 Å². The molecule has 1 N–H and O–H groups in total. The van der Waals surface area contributed by atoms with Crippen LogP contribution in [0.5, 0.6) is 23.0 Å². The number of rotatable bonds is 8. The third kappa shape index (κ3) is 4.25. The lowest BCUT2D eigenvalue weighted by atomic mass is 10.1. The molecule has 2 aromatic carbocycles. The number of fused-ring (bicyclic) bond motifs is 1. The SMILES string of the molecule is C=C(C)COc1cc(CNCc2cccc3c2OCO3)ccc1OC. The molecule has 132 valence electrons. The summed E-state index contributed by atoms with van der Waals surface area (Å²) in [6, 6.07) is 11.9. The summed E-state index contributed by atoms with van der Waals surface area (Å²) in [6.45, 7) is 7.95. The Hall–Kier alpha value is -2.66. The van der Waals surface area contributed by atoms with Crippen molar-refractivity contribution in [1.82, 2.24) is 5.32 Å². The van der Waals surface area contributed by atoms with Gasteiger partial charge in [-0.25, -0.2) is 0 Å². The van der Waals surface area contributed by atoms with E-state index >= 15 is 0 Å². The van der Waals surface area contributed by atoms with E-state index in [1.807, 2.05) is 43.3 Å². The number of hydrogen-bond donors (Lipinski definition) is 1. The number of hydrogen-bond acceptors (Lipinski definition) is 5. The van der Waals surface area contributed by atoms with Gasteiger partial charge in [0.25, 0.3) is 0 Å². The van der Waals surface area contributed by atoms with E-state index in [0.29, 0.717) is 19.7 Å². The molecule has 0 amide bonds. The number of para-hydroxylation sites is 1. The van der Waals surface area contributed by atoms with Gasteiger partial charge in [0.05, 0.1) is 7.11 Å². The van der Waals surface area contributed by atoms with Gasteiger partial charge in [-0.3, -0.25) is 0 Å². The van der Waals surface area contributed by atoms with Crippen LogP contribution in [0.3, 0.4) is 0 Å². The summed E-state index contributed by atoms with van der Waals surface area (Å²) >= 11 is 0. The lowest BCUT2D eigenvalue weighted by Crippen LogP contribution is -2.13. The van der Waals surface area contributed by atoms with Crippen LogP contribution in [0.1, 0.15) is 18.1 Å². The van der Waals surface area contributed by atoms with Crippen LogP contribution in [0.25, 0.3) is 0 Å². The van der Waals surface area contributed by atoms with Gasteiger partial charge < -0.3 is 24.3 Å². The summed E-state index contributed by atoms with van der Waals surface area (Å²) in [5.74, 6) is 3.08. The topological polar surface area (TPSA) is 49.0 Å². The van der Waals surface area contributed by atoms with E-state index in [0.717, 1.165) is 39.7 Å². The van der Waals surface area contributed by atoms with E-state index in [1.165, 1.54) is 0 Å². The quantitative estimate of drug-likeness (QED) is 0.743. The number of methoxy groups -OCH3 is 1. The van der Waals surface area contributed by atoms with Crippen LogP contribution in [0.15, 0.2) is 48.6 Å². The Kier molecular flexibility index (Phi) is 5.46. The minimum absolute atomic E-state index is 0.286. The Morgan fingerprint density at radius 2 is 2.04 bits per heavy atom. The Morgan fingerprint density at radius 3 is 2.84 bits per heavy atom. The molecule has 5 nitrogen and oxygen atoms in total. The molecule has 0 radical (unpaired) electrons. The lowest BCUT2D eigenvalue weighted by Gasteiger charge is -2.13. The van der Waals surface area contributed by atoms with E-state index in [1.54, 1.807) is 7.11 Å². The van der Waals surface area contributed by atoms with E-state index < -0.39 is 0 Å². The van der Waals surface area contributed by atoms with Gasteiger partial charge in [-0.1, -0.05) is 24.8 Å². The van der Waals surface area contributed by atoms with Gasteiger partial charge in [0.2, 0.25) is 6.79 Å². The normalized spacial score (nSPS) is 12.1. The standard InChI is InChI=1S/C20H23NO4/c1-14(2)12-23-19-9-15(7-8-17(19)22-3)10-21-11-16-5-4-6-18-20(16)25-13-24-18/h4-9,21H,1,10-13H2,2-3H3. The third-order valence-corrected chi connectivity index (χ3v) is 3.82. The molecule has 1 aliphatic heterocycles. The summed E-state index contributed by atoms with van der Waals surface area (Å²) in [6.07, 6.45) is 0. The first-order valence-corrected chi connectivity index (χ1v) is 8.19. The molecule has 0 aliphatic carbocycles. The molecule has 0 saturated heterocycles. The fraction of sp³-hybridized carbons (Fsp3) is 0.300. The first kappa shape index (κ1) is 17.2. The van der Waals surface area contributed by atoms with Crippen molar-refractivity contribution in [2.75, 3.05) is 20.5 Å². The minimum Gasteiger partial charge on any atom is -0.493 e. The molecule has 0 aromatic heterocycles. The molecule has 1 heterocycles. The lowest BCUT2D eigenvalue weighted by molar-refractivity contribution is 0.173. The Morgan fingerprint density at radius 1 is 1.16 bits per heavy atom. The van der Waals surface area contributed by atoms with Gasteiger partial charge in [0.15, 0.2) is 23.0 Å². The highest BCUT2D eigenvalue weighted by molar-refractivity contribution is 5.48. The summed E-state index contributed by atoms with van der Waals surface area (Å²) in [5, 5.41) is 3.43. The van der Waals surface area contributed by atoms with Crippen LogP contribution in [-0.2, 0) is 13.1 Å². The first-order chi connectivity index (χ1) is 12.2. The number of ether oxygens (including phenoxy) is 4. The predicted octanol–water partition coefficient (Wildman–Crippen LogP) is 3.67. The van der Waals surface area contributed by atoms with Gasteiger partial charge in [0.1, 0.15) is 6.61 Å². The monoisotopic (exact) mass is 341 g/mol. The van der Waals surface area contributed by atoms with Gasteiger partial charge >= 0.3 is 0 Å². The van der Waals surface area contributed by atoms with E-state index in [2.05, 4.69) is 11.9 Å². The summed E-state index contributed by atoms with van der Waals surface area (Å²) in [7, 11) is 1.64. The minimum atomic E-state index is 0.286. The second-order valence-corrected chi connectivity index (χ2v) is 5.99. The van der Waals surface area contributed by atoms with E-state index in [9.17, 15) is 0 Å². The highest BCUT2D eigenvalue weighted by Crippen LogP contribution is 2.35. The van der Waals surface area contributed by atoms with Crippen molar-refractivity contribution in [3.05, 3.63) is 59.7 Å². The summed E-state index contributed by atoms with van der Waals surface area (Å²) < 4.78 is 22.1. The van der Waals surface area contributed by atoms with E-state index in [-0.39, 0.29) is 6.79 Å². The summed E-state index contributed by atoms with van der Waals surface area (Å²) in [5.41, 5.74) is 3.16.